The van der Waals surface area contributed by atoms with Crippen LogP contribution in [0.25, 0.3) is 0 Å². The molecule has 1 amide bonds. The number of carbonyl (C=O) groups is 1. The molecule has 0 aliphatic heterocycles. The fourth-order valence-corrected chi connectivity index (χ4v) is 8.34. The zero-order valence-corrected chi connectivity index (χ0v) is 39.1. The van der Waals surface area contributed by atoms with Crippen LogP contribution in [-0.2, 0) is 4.79 Å². The van der Waals surface area contributed by atoms with E-state index in [1.165, 1.54) is 218 Å². The highest BCUT2D eigenvalue weighted by atomic mass is 16.3. The number of hydrogen-bond donors (Lipinski definition) is 5. The standard InChI is InChI=1S/C52H103NO5/c1-3-5-7-9-11-13-15-17-19-21-22-23-24-25-26-27-28-29-30-32-34-36-38-40-42-44-46-50(56)52(58)53-48(47-54)51(57)49(55)45-43-41-39-37-35-33-31-20-18-16-14-12-10-8-6-4-2/h25-26,48-51,54-57H,3-24,27-47H2,1-2H3,(H,53,58)/b26-25-. The summed E-state index contributed by atoms with van der Waals surface area (Å²) in [4.78, 5) is 12.6. The molecular weight excluding hydrogens is 719 g/mol. The molecule has 0 aromatic rings. The van der Waals surface area contributed by atoms with Crippen LogP contribution in [0.2, 0.25) is 0 Å². The minimum atomic E-state index is -1.26. The number of allylic oxidation sites excluding steroid dienone is 2. The monoisotopic (exact) mass is 822 g/mol. The van der Waals surface area contributed by atoms with E-state index < -0.39 is 36.9 Å². The van der Waals surface area contributed by atoms with Crippen molar-refractivity contribution >= 4 is 5.91 Å². The summed E-state index contributed by atoms with van der Waals surface area (Å²) in [6.45, 7) is 4.08. The van der Waals surface area contributed by atoms with Crippen molar-refractivity contribution in [3.8, 4) is 0 Å². The van der Waals surface area contributed by atoms with Gasteiger partial charge >= 0.3 is 0 Å². The van der Waals surface area contributed by atoms with Gasteiger partial charge in [0.25, 0.3) is 0 Å². The minimum absolute atomic E-state index is 0.371. The normalized spacial score (nSPS) is 14.0. The van der Waals surface area contributed by atoms with Crippen LogP contribution in [0.15, 0.2) is 12.2 Å². The molecule has 58 heavy (non-hydrogen) atoms. The summed E-state index contributed by atoms with van der Waals surface area (Å²) in [5, 5.41) is 43.9. The van der Waals surface area contributed by atoms with E-state index in [9.17, 15) is 25.2 Å². The van der Waals surface area contributed by atoms with Gasteiger partial charge in [-0.1, -0.05) is 257 Å². The maximum atomic E-state index is 12.6. The van der Waals surface area contributed by atoms with E-state index in [2.05, 4.69) is 31.3 Å². The Bertz CT molecular complexity index is 837. The third kappa shape index (κ3) is 40.5. The largest absolute Gasteiger partial charge is 0.394 e. The summed E-state index contributed by atoms with van der Waals surface area (Å²) in [6.07, 6.45) is 54.0. The van der Waals surface area contributed by atoms with Crippen molar-refractivity contribution in [3.05, 3.63) is 12.2 Å². The van der Waals surface area contributed by atoms with Gasteiger partial charge in [-0.2, -0.15) is 0 Å². The van der Waals surface area contributed by atoms with Crippen LogP contribution < -0.4 is 5.32 Å². The molecule has 0 bridgehead atoms. The smallest absolute Gasteiger partial charge is 0.249 e. The third-order valence-corrected chi connectivity index (χ3v) is 12.5. The second-order valence-corrected chi connectivity index (χ2v) is 18.2. The van der Waals surface area contributed by atoms with E-state index in [1.807, 2.05) is 0 Å². The Morgan fingerprint density at radius 2 is 0.690 bits per heavy atom. The second kappa shape index (κ2) is 47.1. The number of aliphatic hydroxyl groups excluding tert-OH is 4. The van der Waals surface area contributed by atoms with Crippen molar-refractivity contribution in [2.45, 2.75) is 308 Å². The predicted octanol–water partition coefficient (Wildman–Crippen LogP) is 14.5. The van der Waals surface area contributed by atoms with Crippen molar-refractivity contribution in [2.24, 2.45) is 0 Å². The molecule has 346 valence electrons. The lowest BCUT2D eigenvalue weighted by Gasteiger charge is -2.27. The first-order valence-electron chi connectivity index (χ1n) is 26.1. The first-order chi connectivity index (χ1) is 28.5. The molecule has 0 aromatic carbocycles. The molecule has 4 unspecified atom stereocenters. The summed E-state index contributed by atoms with van der Waals surface area (Å²) in [5.74, 6) is -0.581. The van der Waals surface area contributed by atoms with Gasteiger partial charge in [-0.3, -0.25) is 4.79 Å². The second-order valence-electron chi connectivity index (χ2n) is 18.2. The molecule has 0 aliphatic rings. The lowest BCUT2D eigenvalue weighted by molar-refractivity contribution is -0.132. The van der Waals surface area contributed by atoms with Crippen molar-refractivity contribution in [1.82, 2.24) is 5.32 Å². The molecule has 0 rings (SSSR count). The van der Waals surface area contributed by atoms with Crippen molar-refractivity contribution in [2.75, 3.05) is 6.61 Å². The minimum Gasteiger partial charge on any atom is -0.394 e. The Labute approximate surface area is 362 Å². The van der Waals surface area contributed by atoms with Gasteiger partial charge in [0.1, 0.15) is 12.2 Å². The van der Waals surface area contributed by atoms with Gasteiger partial charge in [0.2, 0.25) is 5.91 Å². The topological polar surface area (TPSA) is 110 Å². The number of nitrogens with one attached hydrogen (secondary N) is 1. The van der Waals surface area contributed by atoms with Crippen molar-refractivity contribution in [1.29, 1.82) is 0 Å². The molecule has 5 N–H and O–H groups in total. The van der Waals surface area contributed by atoms with Crippen molar-refractivity contribution < 1.29 is 25.2 Å². The highest BCUT2D eigenvalue weighted by Crippen LogP contribution is 2.18. The summed E-state index contributed by atoms with van der Waals surface area (Å²) >= 11 is 0. The van der Waals surface area contributed by atoms with Gasteiger partial charge < -0.3 is 25.7 Å². The van der Waals surface area contributed by atoms with Crippen LogP contribution in [0.4, 0.5) is 0 Å². The SMILES string of the molecule is CCCCCCCCCCCCCC/C=C\CCCCCCCCCCCCC(O)C(=O)NC(CO)C(O)C(O)CCCCCCCCCCCCCCCCCC. The fourth-order valence-electron chi connectivity index (χ4n) is 8.34. The molecule has 6 nitrogen and oxygen atoms in total. The van der Waals surface area contributed by atoms with E-state index in [4.69, 9.17) is 0 Å². The van der Waals surface area contributed by atoms with E-state index >= 15 is 0 Å². The third-order valence-electron chi connectivity index (χ3n) is 12.5. The van der Waals surface area contributed by atoms with Gasteiger partial charge in [-0.25, -0.2) is 0 Å². The number of carbonyl (C=O) groups excluding carboxylic acids is 1. The Balaban J connectivity index is 3.63. The maximum absolute atomic E-state index is 12.6. The van der Waals surface area contributed by atoms with Crippen LogP contribution in [-0.4, -0.2) is 57.3 Å². The van der Waals surface area contributed by atoms with E-state index in [1.54, 1.807) is 0 Å². The van der Waals surface area contributed by atoms with Crippen LogP contribution in [0.3, 0.4) is 0 Å². The summed E-state index contributed by atoms with van der Waals surface area (Å²) in [6, 6.07) is -0.983. The van der Waals surface area contributed by atoms with Crippen molar-refractivity contribution in [3.63, 3.8) is 0 Å². The molecule has 6 heteroatoms. The van der Waals surface area contributed by atoms with E-state index in [0.29, 0.717) is 12.8 Å². The van der Waals surface area contributed by atoms with Gasteiger partial charge in [0.05, 0.1) is 18.8 Å². The lowest BCUT2D eigenvalue weighted by atomic mass is 9.99. The summed E-state index contributed by atoms with van der Waals surface area (Å²) < 4.78 is 0. The number of aliphatic hydroxyl groups is 4. The summed E-state index contributed by atoms with van der Waals surface area (Å²) in [7, 11) is 0. The summed E-state index contributed by atoms with van der Waals surface area (Å²) in [5.41, 5.74) is 0. The van der Waals surface area contributed by atoms with Gasteiger partial charge in [0, 0.05) is 0 Å². The van der Waals surface area contributed by atoms with Crippen LogP contribution >= 0.6 is 0 Å². The molecule has 0 saturated heterocycles. The highest BCUT2D eigenvalue weighted by molar-refractivity contribution is 5.80. The molecule has 0 radical (unpaired) electrons. The number of hydrogen-bond acceptors (Lipinski definition) is 5. The predicted molar refractivity (Wildman–Crippen MR) is 251 cm³/mol. The lowest BCUT2D eigenvalue weighted by Crippen LogP contribution is -2.53. The molecule has 0 spiro atoms. The van der Waals surface area contributed by atoms with Gasteiger partial charge in [-0.05, 0) is 38.5 Å². The first kappa shape index (κ1) is 57.1. The molecule has 0 saturated carbocycles. The molecule has 4 atom stereocenters. The van der Waals surface area contributed by atoms with E-state index in [-0.39, 0.29) is 0 Å². The average Bonchev–Trinajstić information content (AvgIpc) is 3.23. The Morgan fingerprint density at radius 3 is 1.00 bits per heavy atom. The van der Waals surface area contributed by atoms with Crippen LogP contribution in [0.1, 0.15) is 284 Å². The number of unbranched alkanes of at least 4 members (excludes halogenated alkanes) is 37. The highest BCUT2D eigenvalue weighted by Gasteiger charge is 2.28. The van der Waals surface area contributed by atoms with Gasteiger partial charge in [0.15, 0.2) is 0 Å². The molecule has 0 aromatic heterocycles. The molecule has 0 heterocycles. The van der Waals surface area contributed by atoms with Crippen LogP contribution in [0, 0.1) is 0 Å². The fraction of sp³-hybridized carbons (Fsp3) is 0.942. The quantitative estimate of drug-likeness (QED) is 0.0310. The zero-order chi connectivity index (χ0) is 42.4. The Kier molecular flexibility index (Phi) is 46.3. The number of rotatable bonds is 48. The average molecular weight is 822 g/mol. The van der Waals surface area contributed by atoms with Gasteiger partial charge in [-0.15, -0.1) is 0 Å². The molecule has 0 fully saturated rings. The van der Waals surface area contributed by atoms with E-state index in [0.717, 1.165) is 38.5 Å². The zero-order valence-electron chi connectivity index (χ0n) is 39.1. The Morgan fingerprint density at radius 1 is 0.414 bits per heavy atom. The Hall–Kier alpha value is -0.950. The van der Waals surface area contributed by atoms with Crippen LogP contribution in [0.5, 0.6) is 0 Å². The number of amides is 1. The maximum Gasteiger partial charge on any atom is 0.249 e. The molecule has 0 aliphatic carbocycles. The molecular formula is C52H103NO5. The first-order valence-corrected chi connectivity index (χ1v) is 26.1.